The second kappa shape index (κ2) is 9.59. The van der Waals surface area contributed by atoms with Crippen molar-refractivity contribution in [3.63, 3.8) is 0 Å². The third-order valence-electron chi connectivity index (χ3n) is 3.67. The lowest BCUT2D eigenvalue weighted by Crippen LogP contribution is -2.05. The van der Waals surface area contributed by atoms with Gasteiger partial charge in [-0.3, -0.25) is 9.00 Å². The van der Waals surface area contributed by atoms with Gasteiger partial charge in [-0.15, -0.1) is 0 Å². The van der Waals surface area contributed by atoms with Crippen molar-refractivity contribution in [3.8, 4) is 11.5 Å². The number of anilines is 2. The molecular weight excluding hydrogens is 364 g/mol. The van der Waals surface area contributed by atoms with Crippen LogP contribution >= 0.6 is 0 Å². The maximum Gasteiger partial charge on any atom is 0.168 e. The normalized spacial score (nSPS) is 12.4. The molecule has 2 aromatic rings. The van der Waals surface area contributed by atoms with Gasteiger partial charge in [-0.25, -0.2) is 0 Å². The van der Waals surface area contributed by atoms with Crippen molar-refractivity contribution in [2.45, 2.75) is 0 Å². The number of ether oxygens (including phenoxy) is 2. The van der Waals surface area contributed by atoms with E-state index in [0.29, 0.717) is 22.9 Å². The Morgan fingerprint density at radius 3 is 1.96 bits per heavy atom. The third-order valence-corrected chi connectivity index (χ3v) is 4.67. The van der Waals surface area contributed by atoms with Crippen LogP contribution in [0.15, 0.2) is 47.9 Å². The van der Waals surface area contributed by atoms with Crippen LogP contribution in [0.3, 0.4) is 0 Å². The molecule has 0 aliphatic heterocycles. The van der Waals surface area contributed by atoms with Crippen LogP contribution in [0.5, 0.6) is 11.5 Å². The molecule has 0 aliphatic rings. The zero-order valence-corrected chi connectivity index (χ0v) is 16.0. The maximum absolute atomic E-state index is 12.1. The molecule has 2 rings (SSSR count). The lowest BCUT2D eigenvalue weighted by molar-refractivity contribution is -0.112. The van der Waals surface area contributed by atoms with E-state index in [2.05, 4.69) is 0 Å². The molecule has 4 N–H and O–H groups in total. The van der Waals surface area contributed by atoms with E-state index >= 15 is 0 Å². The summed E-state index contributed by atoms with van der Waals surface area (Å²) in [6, 6.07) is 10.4. The summed E-state index contributed by atoms with van der Waals surface area (Å²) in [5.74, 6) is 0.794. The SMILES string of the molecule is COc1ccc(C=CS(=O)CC(=O)/C=C\c2ccc(OC)c(N)c2)cc1N. The molecule has 0 bridgehead atoms. The van der Waals surface area contributed by atoms with Gasteiger partial charge in [0.05, 0.1) is 42.1 Å². The van der Waals surface area contributed by atoms with Gasteiger partial charge in [-0.05, 0) is 47.5 Å². The number of benzene rings is 2. The fourth-order valence-corrected chi connectivity index (χ4v) is 3.07. The molecule has 2 aromatic carbocycles. The zero-order chi connectivity index (χ0) is 19.8. The van der Waals surface area contributed by atoms with Gasteiger partial charge >= 0.3 is 0 Å². The van der Waals surface area contributed by atoms with Crippen molar-refractivity contribution < 1.29 is 18.5 Å². The number of rotatable bonds is 8. The molecule has 0 spiro atoms. The Bertz CT molecular complexity index is 833. The topological polar surface area (TPSA) is 105 Å². The molecule has 0 radical (unpaired) electrons. The highest BCUT2D eigenvalue weighted by molar-refractivity contribution is 7.88. The molecule has 1 unspecified atom stereocenters. The van der Waals surface area contributed by atoms with Crippen LogP contribution in [0.1, 0.15) is 11.1 Å². The van der Waals surface area contributed by atoms with E-state index < -0.39 is 10.8 Å². The second-order valence-electron chi connectivity index (χ2n) is 5.63. The number of carbonyl (C=O) groups excluding carboxylic acids is 1. The van der Waals surface area contributed by atoms with Crippen molar-refractivity contribution in [1.29, 1.82) is 0 Å². The summed E-state index contributed by atoms with van der Waals surface area (Å²) in [5.41, 5.74) is 14.2. The van der Waals surface area contributed by atoms with Gasteiger partial charge in [-0.1, -0.05) is 18.2 Å². The molecule has 0 aromatic heterocycles. The van der Waals surface area contributed by atoms with E-state index in [1.165, 1.54) is 25.7 Å². The summed E-state index contributed by atoms with van der Waals surface area (Å²) in [5, 5.41) is 1.47. The fraction of sp³-hybridized carbons (Fsp3) is 0.150. The lowest BCUT2D eigenvalue weighted by Gasteiger charge is -2.04. The number of ketones is 1. The first-order chi connectivity index (χ1) is 12.9. The average Bonchev–Trinajstić information content (AvgIpc) is 2.65. The molecule has 27 heavy (non-hydrogen) atoms. The minimum Gasteiger partial charge on any atom is -0.495 e. The number of nitrogens with two attached hydrogens (primary N) is 2. The first-order valence-electron chi connectivity index (χ1n) is 8.06. The molecular formula is C20H22N2O4S. The Morgan fingerprint density at radius 2 is 1.48 bits per heavy atom. The van der Waals surface area contributed by atoms with Crippen LogP contribution in [0.4, 0.5) is 11.4 Å². The van der Waals surface area contributed by atoms with E-state index in [1.807, 2.05) is 0 Å². The quantitative estimate of drug-likeness (QED) is 0.534. The Kier molecular flexibility index (Phi) is 7.19. The first kappa shape index (κ1) is 20.3. The van der Waals surface area contributed by atoms with Gasteiger partial charge in [0.1, 0.15) is 11.5 Å². The molecule has 0 heterocycles. The maximum atomic E-state index is 12.1. The molecule has 0 saturated carbocycles. The fourth-order valence-electron chi connectivity index (χ4n) is 2.29. The summed E-state index contributed by atoms with van der Waals surface area (Å²) in [6.07, 6.45) is 4.68. The highest BCUT2D eigenvalue weighted by atomic mass is 32.2. The second-order valence-corrected chi connectivity index (χ2v) is 6.95. The van der Waals surface area contributed by atoms with Gasteiger partial charge in [0.2, 0.25) is 0 Å². The molecule has 0 fully saturated rings. The standard InChI is InChI=1S/C20H22N2O4S/c1-25-19-7-4-14(11-17(19)21)3-6-16(23)13-27(24)10-9-15-5-8-20(26-2)18(22)12-15/h3-12H,13,21-22H2,1-2H3/b6-3-,10-9?. The third kappa shape index (κ3) is 6.00. The highest BCUT2D eigenvalue weighted by Gasteiger charge is 2.04. The van der Waals surface area contributed by atoms with Crippen LogP contribution in [0.2, 0.25) is 0 Å². The van der Waals surface area contributed by atoms with Crippen LogP contribution in [-0.2, 0) is 15.6 Å². The summed E-state index contributed by atoms with van der Waals surface area (Å²) in [4.78, 5) is 12.0. The van der Waals surface area contributed by atoms with Gasteiger partial charge in [0, 0.05) is 5.41 Å². The van der Waals surface area contributed by atoms with Crippen LogP contribution in [-0.4, -0.2) is 30.0 Å². The van der Waals surface area contributed by atoms with Gasteiger partial charge < -0.3 is 20.9 Å². The Hall–Kier alpha value is -3.06. The molecule has 7 heteroatoms. The minimum absolute atomic E-state index is 0.107. The molecule has 6 nitrogen and oxygen atoms in total. The highest BCUT2D eigenvalue weighted by Crippen LogP contribution is 2.23. The largest absolute Gasteiger partial charge is 0.495 e. The number of nitrogen functional groups attached to an aromatic ring is 2. The smallest absolute Gasteiger partial charge is 0.168 e. The van der Waals surface area contributed by atoms with Gasteiger partial charge in [-0.2, -0.15) is 0 Å². The first-order valence-corrected chi connectivity index (χ1v) is 9.44. The van der Waals surface area contributed by atoms with Gasteiger partial charge in [0.15, 0.2) is 5.78 Å². The van der Waals surface area contributed by atoms with Crippen LogP contribution in [0, 0.1) is 0 Å². The zero-order valence-electron chi connectivity index (χ0n) is 15.2. The number of allylic oxidation sites excluding steroid dienone is 1. The predicted octanol–water partition coefficient (Wildman–Crippen LogP) is 2.87. The van der Waals surface area contributed by atoms with Crippen molar-refractivity contribution in [1.82, 2.24) is 0 Å². The number of hydrogen-bond donors (Lipinski definition) is 2. The van der Waals surface area contributed by atoms with Crippen LogP contribution in [0.25, 0.3) is 12.2 Å². The van der Waals surface area contributed by atoms with E-state index in [9.17, 15) is 9.00 Å². The average molecular weight is 386 g/mol. The Labute approximate surface area is 160 Å². The molecule has 1 atom stereocenters. The summed E-state index contributed by atoms with van der Waals surface area (Å²) in [7, 11) is 1.64. The Morgan fingerprint density at radius 1 is 0.963 bits per heavy atom. The summed E-state index contributed by atoms with van der Waals surface area (Å²) < 4.78 is 22.2. The number of methoxy groups -OCH3 is 2. The van der Waals surface area contributed by atoms with Crippen LogP contribution < -0.4 is 20.9 Å². The number of carbonyl (C=O) groups is 1. The van der Waals surface area contributed by atoms with E-state index in [1.54, 1.807) is 48.6 Å². The number of hydrogen-bond acceptors (Lipinski definition) is 6. The molecule has 0 amide bonds. The molecule has 142 valence electrons. The predicted molar refractivity (Wildman–Crippen MR) is 111 cm³/mol. The summed E-state index contributed by atoms with van der Waals surface area (Å²) >= 11 is 0. The van der Waals surface area contributed by atoms with E-state index in [4.69, 9.17) is 20.9 Å². The molecule has 0 aliphatic carbocycles. The van der Waals surface area contributed by atoms with Crippen molar-refractivity contribution in [2.24, 2.45) is 0 Å². The summed E-state index contributed by atoms with van der Waals surface area (Å²) in [6.45, 7) is 0. The van der Waals surface area contributed by atoms with E-state index in [0.717, 1.165) is 11.1 Å². The lowest BCUT2D eigenvalue weighted by atomic mass is 10.1. The van der Waals surface area contributed by atoms with Crippen molar-refractivity contribution >= 4 is 40.1 Å². The van der Waals surface area contributed by atoms with Crippen molar-refractivity contribution in [2.75, 3.05) is 31.4 Å². The van der Waals surface area contributed by atoms with E-state index in [-0.39, 0.29) is 11.5 Å². The molecule has 0 saturated heterocycles. The monoisotopic (exact) mass is 386 g/mol. The minimum atomic E-state index is -1.43. The Balaban J connectivity index is 1.94. The van der Waals surface area contributed by atoms with Gasteiger partial charge in [0.25, 0.3) is 0 Å². The van der Waals surface area contributed by atoms with Crippen molar-refractivity contribution in [3.05, 3.63) is 59.0 Å².